The topological polar surface area (TPSA) is 119 Å². The van der Waals surface area contributed by atoms with Crippen molar-refractivity contribution in [3.8, 4) is 11.4 Å². The number of methoxy groups -OCH3 is 1. The number of imide groups is 1. The molecule has 2 bridgehead atoms. The third-order valence-electron chi connectivity index (χ3n) is 6.38. The van der Waals surface area contributed by atoms with E-state index in [0.29, 0.717) is 29.0 Å². The van der Waals surface area contributed by atoms with Gasteiger partial charge in [0, 0.05) is 5.69 Å². The van der Waals surface area contributed by atoms with Crippen molar-refractivity contribution in [3.05, 3.63) is 24.5 Å². The number of nitrogens with one attached hydrogen (secondary N) is 1. The smallest absolute Gasteiger partial charge is 0.244 e. The van der Waals surface area contributed by atoms with Crippen LogP contribution in [0.3, 0.4) is 0 Å². The van der Waals surface area contributed by atoms with Crippen LogP contribution in [0.1, 0.15) is 19.3 Å². The number of anilines is 1. The van der Waals surface area contributed by atoms with Crippen LogP contribution in [-0.4, -0.2) is 56.5 Å². The van der Waals surface area contributed by atoms with E-state index in [2.05, 4.69) is 20.8 Å². The average Bonchev–Trinajstić information content (AvgIpc) is 3.50. The summed E-state index contributed by atoms with van der Waals surface area (Å²) in [5.41, 5.74) is 1.04. The van der Waals surface area contributed by atoms with Crippen molar-refractivity contribution in [1.82, 2.24) is 25.1 Å². The Kier molecular flexibility index (Phi) is 4.07. The number of aromatic nitrogens is 4. The molecule has 2 saturated carbocycles. The zero-order valence-corrected chi connectivity index (χ0v) is 15.8. The van der Waals surface area contributed by atoms with Gasteiger partial charge < -0.3 is 10.1 Å². The fourth-order valence-corrected chi connectivity index (χ4v) is 5.19. The molecule has 3 fully saturated rings. The summed E-state index contributed by atoms with van der Waals surface area (Å²) in [6, 6.07) is 5.02. The molecule has 2 aromatic rings. The van der Waals surface area contributed by atoms with E-state index < -0.39 is 5.91 Å². The number of carbonyl (C=O) groups excluding carboxylic acids is 3. The first-order chi connectivity index (χ1) is 14.1. The zero-order valence-electron chi connectivity index (χ0n) is 15.8. The minimum Gasteiger partial charge on any atom is -0.494 e. The Balaban J connectivity index is 1.31. The van der Waals surface area contributed by atoms with Gasteiger partial charge in [-0.25, -0.2) is 0 Å². The van der Waals surface area contributed by atoms with Gasteiger partial charge in [0.25, 0.3) is 0 Å². The Morgan fingerprint density at radius 2 is 1.93 bits per heavy atom. The van der Waals surface area contributed by atoms with E-state index in [1.807, 2.05) is 0 Å². The van der Waals surface area contributed by atoms with E-state index >= 15 is 0 Å². The number of hydrogen-bond donors (Lipinski definition) is 1. The summed E-state index contributed by atoms with van der Waals surface area (Å²) in [7, 11) is 1.52. The monoisotopic (exact) mass is 396 g/mol. The Bertz CT molecular complexity index is 963. The molecule has 1 aliphatic heterocycles. The van der Waals surface area contributed by atoms with Gasteiger partial charge in [0.15, 0.2) is 0 Å². The van der Waals surface area contributed by atoms with Gasteiger partial charge in [0.2, 0.25) is 17.7 Å². The maximum Gasteiger partial charge on any atom is 0.244 e. The van der Waals surface area contributed by atoms with Crippen LogP contribution in [0.25, 0.3) is 5.69 Å². The lowest BCUT2D eigenvalue weighted by atomic mass is 9.81. The molecule has 5 rings (SSSR count). The second kappa shape index (κ2) is 6.64. The van der Waals surface area contributed by atoms with Crippen LogP contribution >= 0.6 is 0 Å². The molecule has 2 aliphatic carbocycles. The summed E-state index contributed by atoms with van der Waals surface area (Å²) < 4.78 is 6.72. The van der Waals surface area contributed by atoms with Crippen LogP contribution < -0.4 is 10.1 Å². The van der Waals surface area contributed by atoms with Gasteiger partial charge in [0.1, 0.15) is 24.3 Å². The molecule has 3 amide bonds. The van der Waals surface area contributed by atoms with Crippen LogP contribution in [0.5, 0.6) is 5.75 Å². The molecule has 1 N–H and O–H groups in total. The largest absolute Gasteiger partial charge is 0.494 e. The number of rotatable bonds is 5. The number of benzene rings is 1. The fraction of sp³-hybridized carbons (Fsp3) is 0.474. The van der Waals surface area contributed by atoms with Crippen LogP contribution in [0.2, 0.25) is 0 Å². The van der Waals surface area contributed by atoms with E-state index in [-0.39, 0.29) is 30.2 Å². The number of nitrogens with zero attached hydrogens (tertiary/aromatic N) is 5. The molecule has 0 radical (unpaired) electrons. The normalized spacial score (nSPS) is 27.4. The zero-order chi connectivity index (χ0) is 20.1. The second-order valence-electron chi connectivity index (χ2n) is 7.84. The van der Waals surface area contributed by atoms with E-state index in [1.165, 1.54) is 18.1 Å². The molecule has 1 aromatic carbocycles. The first kappa shape index (κ1) is 17.8. The summed E-state index contributed by atoms with van der Waals surface area (Å²) in [4.78, 5) is 39.2. The third-order valence-corrected chi connectivity index (χ3v) is 6.38. The molecule has 1 saturated heterocycles. The SMILES string of the molecule is COc1ccc(NC(=O)CN2C(=O)[C@@H]3[C@H]4CC[C@@H](C4)[C@H]3C2=O)cc1-n1cnnn1. The van der Waals surface area contributed by atoms with Gasteiger partial charge in [-0.05, 0) is 59.7 Å². The fourth-order valence-electron chi connectivity index (χ4n) is 5.19. The van der Waals surface area contributed by atoms with E-state index in [9.17, 15) is 14.4 Å². The molecule has 150 valence electrons. The highest BCUT2D eigenvalue weighted by Crippen LogP contribution is 2.56. The quantitative estimate of drug-likeness (QED) is 0.737. The van der Waals surface area contributed by atoms with Gasteiger partial charge >= 0.3 is 0 Å². The Morgan fingerprint density at radius 3 is 2.55 bits per heavy atom. The number of likely N-dealkylation sites (tertiary alicyclic amines) is 1. The van der Waals surface area contributed by atoms with Crippen molar-refractivity contribution in [2.45, 2.75) is 19.3 Å². The number of ether oxygens (including phenoxy) is 1. The first-order valence-corrected chi connectivity index (χ1v) is 9.63. The van der Waals surface area contributed by atoms with E-state index in [4.69, 9.17) is 4.74 Å². The molecule has 10 nitrogen and oxygen atoms in total. The lowest BCUT2D eigenvalue weighted by Crippen LogP contribution is -2.39. The lowest BCUT2D eigenvalue weighted by molar-refractivity contribution is -0.143. The van der Waals surface area contributed by atoms with Crippen molar-refractivity contribution in [3.63, 3.8) is 0 Å². The summed E-state index contributed by atoms with van der Waals surface area (Å²) in [5, 5.41) is 13.8. The van der Waals surface area contributed by atoms with Gasteiger partial charge in [-0.3, -0.25) is 19.3 Å². The number of fused-ring (bicyclic) bond motifs is 5. The maximum absolute atomic E-state index is 12.8. The van der Waals surface area contributed by atoms with Gasteiger partial charge in [-0.1, -0.05) is 0 Å². The Labute approximate surface area is 166 Å². The number of carbonyl (C=O) groups is 3. The van der Waals surface area contributed by atoms with Crippen molar-refractivity contribution >= 4 is 23.4 Å². The van der Waals surface area contributed by atoms with Gasteiger partial charge in [-0.2, -0.15) is 4.68 Å². The third kappa shape index (κ3) is 2.78. The van der Waals surface area contributed by atoms with Crippen molar-refractivity contribution < 1.29 is 19.1 Å². The molecule has 4 atom stereocenters. The second-order valence-corrected chi connectivity index (χ2v) is 7.84. The summed E-state index contributed by atoms with van der Waals surface area (Å²) in [5.74, 6) is -0.110. The first-order valence-electron chi connectivity index (χ1n) is 9.63. The molecule has 29 heavy (non-hydrogen) atoms. The van der Waals surface area contributed by atoms with E-state index in [1.54, 1.807) is 18.2 Å². The average molecular weight is 396 g/mol. The molecule has 2 heterocycles. The summed E-state index contributed by atoms with van der Waals surface area (Å²) in [6.45, 7) is -0.268. The highest BCUT2D eigenvalue weighted by Gasteiger charge is 2.60. The van der Waals surface area contributed by atoms with Crippen molar-refractivity contribution in [2.24, 2.45) is 23.7 Å². The predicted octanol–water partition coefficient (Wildman–Crippen LogP) is 0.640. The van der Waals surface area contributed by atoms with Crippen LogP contribution in [0.4, 0.5) is 5.69 Å². The van der Waals surface area contributed by atoms with Crippen LogP contribution in [-0.2, 0) is 14.4 Å². The molecule has 0 unspecified atom stereocenters. The maximum atomic E-state index is 12.8. The number of amides is 3. The minimum absolute atomic E-state index is 0.188. The van der Waals surface area contributed by atoms with Crippen molar-refractivity contribution in [2.75, 3.05) is 19.0 Å². The highest BCUT2D eigenvalue weighted by atomic mass is 16.5. The predicted molar refractivity (Wildman–Crippen MR) is 98.9 cm³/mol. The molecule has 0 spiro atoms. The number of tetrazole rings is 1. The standard InChI is InChI=1S/C19H20N6O4/c1-29-14-5-4-12(7-13(14)25-9-20-22-23-25)21-15(26)8-24-18(27)16-10-2-3-11(6-10)17(16)19(24)28/h4-5,7,9-11,16-17H,2-3,6,8H2,1H3,(H,21,26)/t10-,11-,16+,17+/m0/s1. The lowest BCUT2D eigenvalue weighted by Gasteiger charge is -2.19. The number of hydrogen-bond acceptors (Lipinski definition) is 7. The van der Waals surface area contributed by atoms with Crippen LogP contribution in [0.15, 0.2) is 24.5 Å². The molecular weight excluding hydrogens is 376 g/mol. The van der Waals surface area contributed by atoms with Crippen LogP contribution in [0, 0.1) is 23.7 Å². The molecular formula is C19H20N6O4. The van der Waals surface area contributed by atoms with Crippen molar-refractivity contribution in [1.29, 1.82) is 0 Å². The minimum atomic E-state index is -0.424. The molecule has 10 heteroatoms. The summed E-state index contributed by atoms with van der Waals surface area (Å²) >= 11 is 0. The van der Waals surface area contributed by atoms with Gasteiger partial charge in [0.05, 0.1) is 18.9 Å². The molecule has 1 aromatic heterocycles. The van der Waals surface area contributed by atoms with Gasteiger partial charge in [-0.15, -0.1) is 5.10 Å². The van der Waals surface area contributed by atoms with E-state index in [0.717, 1.165) is 24.2 Å². The summed E-state index contributed by atoms with van der Waals surface area (Å²) in [6.07, 6.45) is 4.41. The molecule has 3 aliphatic rings. The highest BCUT2D eigenvalue weighted by molar-refractivity contribution is 6.09. The Hall–Kier alpha value is -3.30. The Morgan fingerprint density at radius 1 is 1.21 bits per heavy atom.